The predicted octanol–water partition coefficient (Wildman–Crippen LogP) is 3.26. The summed E-state index contributed by atoms with van der Waals surface area (Å²) in [5.74, 6) is 0.841. The van der Waals surface area contributed by atoms with Gasteiger partial charge in [-0.05, 0) is 24.8 Å². The molecule has 0 bridgehead atoms. The van der Waals surface area contributed by atoms with Gasteiger partial charge in [0.25, 0.3) is 0 Å². The molecule has 2 N–H and O–H groups in total. The normalized spacial score (nSPS) is 11.4. The Kier molecular flexibility index (Phi) is 9.07. The highest BCUT2D eigenvalue weighted by Gasteiger charge is 2.10. The van der Waals surface area contributed by atoms with Crippen LogP contribution in [0.3, 0.4) is 0 Å². The Morgan fingerprint density at radius 3 is 2.91 bits per heavy atom. The van der Waals surface area contributed by atoms with Crippen LogP contribution in [0.25, 0.3) is 0 Å². The van der Waals surface area contributed by atoms with Crippen LogP contribution in [0.2, 0.25) is 0 Å². The van der Waals surface area contributed by atoms with E-state index in [1.165, 1.54) is 17.3 Å². The van der Waals surface area contributed by atoms with Crippen molar-refractivity contribution in [3.63, 3.8) is 0 Å². The van der Waals surface area contributed by atoms with E-state index in [1.54, 1.807) is 11.3 Å². The summed E-state index contributed by atoms with van der Waals surface area (Å²) in [5.41, 5.74) is 0. The number of guanidine groups is 1. The van der Waals surface area contributed by atoms with Crippen molar-refractivity contribution in [2.45, 2.75) is 26.4 Å². The van der Waals surface area contributed by atoms with Gasteiger partial charge in [0.1, 0.15) is 12.4 Å². The molecule has 9 heteroatoms. The van der Waals surface area contributed by atoms with Crippen LogP contribution in [-0.4, -0.2) is 28.6 Å². The van der Waals surface area contributed by atoms with Gasteiger partial charge in [-0.2, -0.15) is 8.78 Å². The van der Waals surface area contributed by atoms with Crippen molar-refractivity contribution in [1.29, 1.82) is 0 Å². The highest BCUT2D eigenvalue weighted by molar-refractivity contribution is 14.0. The molecule has 5 nitrogen and oxygen atoms in total. The van der Waals surface area contributed by atoms with Gasteiger partial charge in [0, 0.05) is 30.4 Å². The maximum Gasteiger partial charge on any atom is 0.319 e. The van der Waals surface area contributed by atoms with Gasteiger partial charge >= 0.3 is 6.55 Å². The van der Waals surface area contributed by atoms with Crippen LogP contribution >= 0.6 is 35.3 Å². The van der Waals surface area contributed by atoms with Crippen molar-refractivity contribution in [1.82, 2.24) is 20.2 Å². The van der Waals surface area contributed by atoms with Crippen LogP contribution in [0.1, 0.15) is 24.2 Å². The van der Waals surface area contributed by atoms with E-state index in [4.69, 9.17) is 0 Å². The molecule has 0 unspecified atom stereocenters. The Balaban J connectivity index is 0.00000264. The molecule has 0 spiro atoms. The molecular formula is C14H20F2IN5S. The lowest BCUT2D eigenvalue weighted by atomic mass is 10.3. The van der Waals surface area contributed by atoms with Gasteiger partial charge in [-0.15, -0.1) is 35.3 Å². The quantitative estimate of drug-likeness (QED) is 0.383. The smallest absolute Gasteiger partial charge is 0.319 e. The van der Waals surface area contributed by atoms with Gasteiger partial charge in [-0.25, -0.2) is 9.98 Å². The third-order valence-corrected chi connectivity index (χ3v) is 3.86. The molecule has 0 amide bonds. The molecule has 23 heavy (non-hydrogen) atoms. The standard InChI is InChI=1S/C14H19F2N5S.HI/c1-2-17-14(19-6-5-11-4-3-9-22-11)20-10-12-18-7-8-21(12)13(15)16;/h3-4,7-9,13H,2,5-6,10H2,1H3,(H2,17,19,20);1H. The third-order valence-electron chi connectivity index (χ3n) is 2.93. The first-order valence-corrected chi connectivity index (χ1v) is 7.93. The van der Waals surface area contributed by atoms with E-state index < -0.39 is 6.55 Å². The first kappa shape index (κ1) is 19.8. The van der Waals surface area contributed by atoms with Crippen LogP contribution in [-0.2, 0) is 13.0 Å². The summed E-state index contributed by atoms with van der Waals surface area (Å²) in [4.78, 5) is 9.50. The summed E-state index contributed by atoms with van der Waals surface area (Å²) in [6.07, 6.45) is 3.51. The summed E-state index contributed by atoms with van der Waals surface area (Å²) >= 11 is 1.71. The van der Waals surface area contributed by atoms with Crippen molar-refractivity contribution in [2.75, 3.05) is 13.1 Å². The second-order valence-electron chi connectivity index (χ2n) is 4.48. The Labute approximate surface area is 155 Å². The summed E-state index contributed by atoms with van der Waals surface area (Å²) < 4.78 is 26.3. The van der Waals surface area contributed by atoms with E-state index in [-0.39, 0.29) is 36.3 Å². The molecule has 0 fully saturated rings. The monoisotopic (exact) mass is 455 g/mol. The van der Waals surface area contributed by atoms with Crippen LogP contribution < -0.4 is 10.6 Å². The van der Waals surface area contributed by atoms with E-state index in [9.17, 15) is 8.78 Å². The number of imidazole rings is 1. The molecule has 0 saturated heterocycles. The molecule has 0 aliphatic carbocycles. The molecule has 0 aromatic carbocycles. The number of hydrogen-bond donors (Lipinski definition) is 2. The number of aliphatic imine (C=N–C) groups is 1. The first-order valence-electron chi connectivity index (χ1n) is 7.05. The fourth-order valence-electron chi connectivity index (χ4n) is 1.89. The molecule has 0 radical (unpaired) electrons. The minimum atomic E-state index is -2.60. The number of rotatable bonds is 7. The van der Waals surface area contributed by atoms with E-state index in [1.807, 2.05) is 18.4 Å². The van der Waals surface area contributed by atoms with Crippen molar-refractivity contribution in [2.24, 2.45) is 4.99 Å². The number of halogens is 3. The van der Waals surface area contributed by atoms with Gasteiger partial charge in [-0.1, -0.05) is 6.07 Å². The SMILES string of the molecule is CCNC(=NCc1nccn1C(F)F)NCCc1cccs1.I. The number of hydrogen-bond acceptors (Lipinski definition) is 3. The van der Waals surface area contributed by atoms with Gasteiger partial charge in [0.2, 0.25) is 0 Å². The summed E-state index contributed by atoms with van der Waals surface area (Å²) in [6.45, 7) is 0.897. The second-order valence-corrected chi connectivity index (χ2v) is 5.51. The number of thiophene rings is 1. The molecule has 2 aromatic rings. The zero-order chi connectivity index (χ0) is 15.8. The van der Waals surface area contributed by atoms with Crippen LogP contribution in [0.15, 0.2) is 34.9 Å². The number of nitrogens with one attached hydrogen (secondary N) is 2. The minimum absolute atomic E-state index is 0. The fraction of sp³-hybridized carbons (Fsp3) is 0.429. The van der Waals surface area contributed by atoms with E-state index in [0.717, 1.165) is 17.5 Å². The molecule has 0 atom stereocenters. The highest BCUT2D eigenvalue weighted by atomic mass is 127. The van der Waals surface area contributed by atoms with Gasteiger partial charge < -0.3 is 10.6 Å². The largest absolute Gasteiger partial charge is 0.357 e. The topological polar surface area (TPSA) is 54.2 Å². The molecule has 2 aromatic heterocycles. The zero-order valence-corrected chi connectivity index (χ0v) is 15.9. The Morgan fingerprint density at radius 2 is 2.26 bits per heavy atom. The lowest BCUT2D eigenvalue weighted by Gasteiger charge is -2.11. The van der Waals surface area contributed by atoms with Crippen molar-refractivity contribution >= 4 is 41.3 Å². The lowest BCUT2D eigenvalue weighted by molar-refractivity contribution is 0.0671. The molecule has 0 saturated carbocycles. The predicted molar refractivity (Wildman–Crippen MR) is 99.7 cm³/mol. The fourth-order valence-corrected chi connectivity index (χ4v) is 2.60. The maximum atomic E-state index is 12.7. The van der Waals surface area contributed by atoms with Crippen molar-refractivity contribution in [3.05, 3.63) is 40.6 Å². The molecular weight excluding hydrogens is 435 g/mol. The average molecular weight is 455 g/mol. The first-order chi connectivity index (χ1) is 10.7. The van der Waals surface area contributed by atoms with Crippen molar-refractivity contribution in [3.8, 4) is 0 Å². The van der Waals surface area contributed by atoms with E-state index in [0.29, 0.717) is 12.5 Å². The minimum Gasteiger partial charge on any atom is -0.357 e. The number of alkyl halides is 2. The third kappa shape index (κ3) is 6.42. The Hall–Kier alpha value is -1.23. The summed E-state index contributed by atoms with van der Waals surface area (Å²) in [7, 11) is 0. The maximum absolute atomic E-state index is 12.7. The van der Waals surface area contributed by atoms with Gasteiger partial charge in [-0.3, -0.25) is 4.57 Å². The summed E-state index contributed by atoms with van der Waals surface area (Å²) in [6, 6.07) is 4.10. The van der Waals surface area contributed by atoms with Gasteiger partial charge in [0.15, 0.2) is 5.96 Å². The van der Waals surface area contributed by atoms with Gasteiger partial charge in [0.05, 0.1) is 0 Å². The Morgan fingerprint density at radius 1 is 1.43 bits per heavy atom. The molecule has 128 valence electrons. The second kappa shape index (κ2) is 10.5. The molecule has 2 heterocycles. The lowest BCUT2D eigenvalue weighted by Crippen LogP contribution is -2.38. The number of nitrogens with zero attached hydrogens (tertiary/aromatic N) is 3. The Bertz CT molecular complexity index is 586. The zero-order valence-electron chi connectivity index (χ0n) is 12.7. The number of aromatic nitrogens is 2. The van der Waals surface area contributed by atoms with Crippen LogP contribution in [0.4, 0.5) is 8.78 Å². The summed E-state index contributed by atoms with van der Waals surface area (Å²) in [5, 5.41) is 8.32. The van der Waals surface area contributed by atoms with Crippen LogP contribution in [0.5, 0.6) is 0 Å². The molecule has 2 rings (SSSR count). The van der Waals surface area contributed by atoms with Crippen LogP contribution in [0, 0.1) is 0 Å². The van der Waals surface area contributed by atoms with E-state index >= 15 is 0 Å². The van der Waals surface area contributed by atoms with Crippen molar-refractivity contribution < 1.29 is 8.78 Å². The van der Waals surface area contributed by atoms with E-state index in [2.05, 4.69) is 26.7 Å². The average Bonchev–Trinajstić information content (AvgIpc) is 3.16. The highest BCUT2D eigenvalue weighted by Crippen LogP contribution is 2.12. The molecule has 0 aliphatic rings. The molecule has 0 aliphatic heterocycles.